The Balaban J connectivity index is 1.69. The summed E-state index contributed by atoms with van der Waals surface area (Å²) in [5, 5.41) is 1.26. The zero-order valence-corrected chi connectivity index (χ0v) is 14.7. The molecule has 0 radical (unpaired) electrons. The Kier molecular flexibility index (Phi) is 4.07. The van der Waals surface area contributed by atoms with E-state index in [1.165, 1.54) is 36.6 Å². The molecule has 2 nitrogen and oxygen atoms in total. The lowest BCUT2D eigenvalue weighted by molar-refractivity contribution is 0.0501. The van der Waals surface area contributed by atoms with Gasteiger partial charge in [-0.3, -0.25) is 4.98 Å². The Labute approximate surface area is 144 Å². The van der Waals surface area contributed by atoms with Crippen molar-refractivity contribution in [2.75, 3.05) is 7.11 Å². The Bertz CT molecular complexity index is 753. The fourth-order valence-electron chi connectivity index (χ4n) is 5.33. The van der Waals surface area contributed by atoms with Gasteiger partial charge in [0.15, 0.2) is 0 Å². The van der Waals surface area contributed by atoms with E-state index in [-0.39, 0.29) is 0 Å². The van der Waals surface area contributed by atoms with Crippen LogP contribution < -0.4 is 4.74 Å². The second-order valence-electron chi connectivity index (χ2n) is 7.70. The fraction of sp³-hybridized carbons (Fsp3) is 0.500. The van der Waals surface area contributed by atoms with Crippen LogP contribution in [0.4, 0.5) is 0 Å². The third kappa shape index (κ3) is 2.53. The molecule has 5 rings (SSSR count). The van der Waals surface area contributed by atoms with Gasteiger partial charge in [0.05, 0.1) is 12.6 Å². The number of pyridine rings is 1. The topological polar surface area (TPSA) is 22.1 Å². The lowest BCUT2D eigenvalue weighted by Crippen LogP contribution is -2.39. The van der Waals surface area contributed by atoms with Crippen molar-refractivity contribution in [3.63, 3.8) is 0 Å². The summed E-state index contributed by atoms with van der Waals surface area (Å²) in [5.74, 6) is 4.73. The Morgan fingerprint density at radius 1 is 1.21 bits per heavy atom. The molecule has 0 aliphatic heterocycles. The van der Waals surface area contributed by atoms with E-state index in [0.717, 1.165) is 34.9 Å². The summed E-state index contributed by atoms with van der Waals surface area (Å²) in [6.45, 7) is 6.49. The van der Waals surface area contributed by atoms with Crippen LogP contribution in [-0.2, 0) is 0 Å². The first-order valence-corrected chi connectivity index (χ1v) is 9.26. The smallest absolute Gasteiger partial charge is 0.119 e. The molecule has 0 N–H and O–H groups in total. The highest BCUT2D eigenvalue weighted by Crippen LogP contribution is 2.53. The van der Waals surface area contributed by atoms with Gasteiger partial charge in [0.25, 0.3) is 0 Å². The molecule has 1 heterocycles. The first kappa shape index (κ1) is 15.7. The molecule has 5 atom stereocenters. The molecule has 2 heteroatoms. The highest BCUT2D eigenvalue weighted by Gasteiger charge is 2.42. The molecule has 2 aromatic rings. The predicted molar refractivity (Wildman–Crippen MR) is 99.3 cm³/mol. The van der Waals surface area contributed by atoms with Crippen molar-refractivity contribution in [2.45, 2.75) is 38.5 Å². The van der Waals surface area contributed by atoms with Crippen molar-refractivity contribution >= 4 is 10.9 Å². The average Bonchev–Trinajstić information content (AvgIpc) is 2.66. The second kappa shape index (κ2) is 6.23. The number of benzene rings is 1. The summed E-state index contributed by atoms with van der Waals surface area (Å²) in [4.78, 5) is 4.55. The van der Waals surface area contributed by atoms with E-state index in [0.29, 0.717) is 5.92 Å². The van der Waals surface area contributed by atoms with Crippen molar-refractivity contribution in [3.8, 4) is 5.75 Å². The maximum atomic E-state index is 5.44. The van der Waals surface area contributed by atoms with E-state index in [4.69, 9.17) is 4.74 Å². The van der Waals surface area contributed by atoms with Crippen LogP contribution in [0.3, 0.4) is 0 Å². The summed E-state index contributed by atoms with van der Waals surface area (Å²) in [7, 11) is 1.73. The van der Waals surface area contributed by atoms with E-state index < -0.39 is 0 Å². The largest absolute Gasteiger partial charge is 0.497 e. The minimum Gasteiger partial charge on any atom is -0.497 e. The molecule has 3 aliphatic rings. The number of rotatable bonds is 4. The number of hydrogen-bond acceptors (Lipinski definition) is 2. The van der Waals surface area contributed by atoms with Crippen LogP contribution in [0, 0.1) is 23.7 Å². The minimum absolute atomic E-state index is 0.571. The van der Waals surface area contributed by atoms with E-state index in [9.17, 15) is 0 Å². The summed E-state index contributed by atoms with van der Waals surface area (Å²) in [6, 6.07) is 8.45. The lowest BCUT2D eigenvalue weighted by atomic mass is 9.56. The number of hydrogen-bond donors (Lipinski definition) is 0. The zero-order chi connectivity index (χ0) is 16.7. The Hall–Kier alpha value is -1.83. The molecule has 24 heavy (non-hydrogen) atoms. The summed E-state index contributed by atoms with van der Waals surface area (Å²) >= 11 is 0. The van der Waals surface area contributed by atoms with Crippen LogP contribution >= 0.6 is 0 Å². The van der Waals surface area contributed by atoms with E-state index in [2.05, 4.69) is 42.8 Å². The molecule has 1 aromatic carbocycles. The van der Waals surface area contributed by atoms with Crippen molar-refractivity contribution in [3.05, 3.63) is 48.7 Å². The van der Waals surface area contributed by atoms with Gasteiger partial charge < -0.3 is 4.74 Å². The Morgan fingerprint density at radius 3 is 2.75 bits per heavy atom. The number of nitrogens with zero attached hydrogens (tertiary/aromatic N) is 1. The third-order valence-electron chi connectivity index (χ3n) is 6.69. The first-order chi connectivity index (χ1) is 11.7. The number of aromatic nitrogens is 1. The van der Waals surface area contributed by atoms with Crippen molar-refractivity contribution in [1.29, 1.82) is 0 Å². The van der Waals surface area contributed by atoms with Gasteiger partial charge in [0, 0.05) is 11.6 Å². The molecule has 3 aliphatic carbocycles. The maximum absolute atomic E-state index is 5.44. The molecule has 0 amide bonds. The normalized spacial score (nSPS) is 30.2. The molecule has 3 saturated carbocycles. The third-order valence-corrected chi connectivity index (χ3v) is 6.69. The van der Waals surface area contributed by atoms with E-state index >= 15 is 0 Å². The van der Waals surface area contributed by atoms with Crippen molar-refractivity contribution in [2.24, 2.45) is 23.7 Å². The molecule has 3 fully saturated rings. The average molecular weight is 321 g/mol. The van der Waals surface area contributed by atoms with Crippen LogP contribution in [0.5, 0.6) is 5.75 Å². The van der Waals surface area contributed by atoms with E-state index in [1.54, 1.807) is 7.11 Å². The van der Waals surface area contributed by atoms with Crippen LogP contribution in [0.15, 0.2) is 43.1 Å². The highest BCUT2D eigenvalue weighted by atomic mass is 16.5. The number of allylic oxidation sites excluding steroid dienone is 1. The molecule has 1 aromatic heterocycles. The van der Waals surface area contributed by atoms with Gasteiger partial charge in [-0.1, -0.05) is 13.0 Å². The fourth-order valence-corrected chi connectivity index (χ4v) is 5.33. The zero-order valence-electron chi connectivity index (χ0n) is 14.7. The first-order valence-electron chi connectivity index (χ1n) is 9.26. The lowest BCUT2D eigenvalue weighted by Gasteiger charge is -2.49. The monoisotopic (exact) mass is 321 g/mol. The maximum Gasteiger partial charge on any atom is 0.119 e. The number of methoxy groups -OCH3 is 1. The van der Waals surface area contributed by atoms with Gasteiger partial charge in [-0.2, -0.15) is 0 Å². The van der Waals surface area contributed by atoms with Gasteiger partial charge in [0.1, 0.15) is 5.75 Å². The van der Waals surface area contributed by atoms with Crippen molar-refractivity contribution in [1.82, 2.24) is 4.98 Å². The molecule has 2 bridgehead atoms. The Morgan fingerprint density at radius 2 is 2.04 bits per heavy atom. The quantitative estimate of drug-likeness (QED) is 0.685. The summed E-state index contributed by atoms with van der Waals surface area (Å²) in [6.07, 6.45) is 9.68. The van der Waals surface area contributed by atoms with Gasteiger partial charge in [-0.15, -0.1) is 6.58 Å². The molecule has 126 valence electrons. The molecular formula is C22H27NO. The van der Waals surface area contributed by atoms with Crippen LogP contribution in [-0.4, -0.2) is 12.1 Å². The molecule has 0 saturated heterocycles. The van der Waals surface area contributed by atoms with Crippen LogP contribution in [0.1, 0.15) is 44.1 Å². The highest BCUT2D eigenvalue weighted by molar-refractivity contribution is 5.84. The number of ether oxygens (including phenoxy) is 1. The van der Waals surface area contributed by atoms with Gasteiger partial charge in [-0.25, -0.2) is 0 Å². The van der Waals surface area contributed by atoms with Crippen LogP contribution in [0.25, 0.3) is 10.9 Å². The van der Waals surface area contributed by atoms with Gasteiger partial charge >= 0.3 is 0 Å². The van der Waals surface area contributed by atoms with Crippen molar-refractivity contribution < 1.29 is 4.74 Å². The van der Waals surface area contributed by atoms with Gasteiger partial charge in [0.2, 0.25) is 0 Å². The van der Waals surface area contributed by atoms with E-state index in [1.807, 2.05) is 12.3 Å². The standard InChI is InChI=1S/C22H27NO/c1-4-15-11-17-6-5-16(15)12-20(17)14(2)19-9-10-23-22-8-7-18(24-3)13-21(19)22/h4,7-10,13-17,20H,1,5-6,11-12H2,2-3H3/t14-,15-,16-,17-,20+/m1/s1. The predicted octanol–water partition coefficient (Wildman–Crippen LogP) is 5.59. The second-order valence-corrected chi connectivity index (χ2v) is 7.70. The molecule has 0 unspecified atom stereocenters. The molecule has 0 spiro atoms. The minimum atomic E-state index is 0.571. The summed E-state index contributed by atoms with van der Waals surface area (Å²) in [5.41, 5.74) is 2.51. The SMILES string of the molecule is C=C[C@@H]1C[C@H]2CC[C@@H]1C[C@H]2[C@H](C)c1ccnc2ccc(OC)cc12. The van der Waals surface area contributed by atoms with Crippen LogP contribution in [0.2, 0.25) is 0 Å². The number of fused-ring (bicyclic) bond motifs is 4. The summed E-state index contributed by atoms with van der Waals surface area (Å²) < 4.78 is 5.44. The molecular weight excluding hydrogens is 294 g/mol. The van der Waals surface area contributed by atoms with Gasteiger partial charge in [-0.05, 0) is 85.1 Å².